The minimum atomic E-state index is -0.460. The van der Waals surface area contributed by atoms with E-state index >= 15 is 0 Å². The molecule has 2 N–H and O–H groups in total. The molecule has 0 saturated heterocycles. The van der Waals surface area contributed by atoms with Crippen LogP contribution in [0.5, 0.6) is 11.5 Å². The summed E-state index contributed by atoms with van der Waals surface area (Å²) in [6, 6.07) is 3.03. The second-order valence-electron chi connectivity index (χ2n) is 6.24. The lowest BCUT2D eigenvalue weighted by Gasteiger charge is -2.15. The van der Waals surface area contributed by atoms with E-state index < -0.39 is 5.91 Å². The summed E-state index contributed by atoms with van der Waals surface area (Å²) in [5, 5.41) is 0.289. The van der Waals surface area contributed by atoms with E-state index in [0.29, 0.717) is 24.0 Å². The molecule has 2 amide bonds. The zero-order valence-corrected chi connectivity index (χ0v) is 14.9. The highest BCUT2D eigenvalue weighted by molar-refractivity contribution is 6.32. The topological polar surface area (TPSA) is 76.7 Å². The lowest BCUT2D eigenvalue weighted by atomic mass is 10.1. The van der Waals surface area contributed by atoms with Crippen LogP contribution in [-0.2, 0) is 4.79 Å². The highest BCUT2D eigenvalue weighted by Gasteiger charge is 2.29. The van der Waals surface area contributed by atoms with Gasteiger partial charge < -0.3 is 9.47 Å². The number of amides is 2. The van der Waals surface area contributed by atoms with Crippen molar-refractivity contribution in [3.8, 4) is 11.5 Å². The van der Waals surface area contributed by atoms with Gasteiger partial charge in [0.15, 0.2) is 11.5 Å². The molecule has 0 unspecified atom stereocenters. The lowest BCUT2D eigenvalue weighted by Crippen LogP contribution is -2.42. The van der Waals surface area contributed by atoms with Crippen LogP contribution < -0.4 is 20.3 Å². The largest absolute Gasteiger partial charge is 0.493 e. The van der Waals surface area contributed by atoms with E-state index in [0.717, 1.165) is 19.3 Å². The van der Waals surface area contributed by atoms with E-state index in [4.69, 9.17) is 21.1 Å². The van der Waals surface area contributed by atoms with Gasteiger partial charge in [0, 0.05) is 11.5 Å². The average molecular weight is 355 g/mol. The van der Waals surface area contributed by atoms with E-state index in [1.54, 1.807) is 0 Å². The summed E-state index contributed by atoms with van der Waals surface area (Å²) in [4.78, 5) is 23.7. The molecule has 1 aromatic rings. The molecule has 24 heavy (non-hydrogen) atoms. The van der Waals surface area contributed by atoms with E-state index in [1.165, 1.54) is 19.2 Å². The predicted octanol–water partition coefficient (Wildman–Crippen LogP) is 2.94. The molecule has 6 nitrogen and oxygen atoms in total. The molecule has 0 aromatic heterocycles. The van der Waals surface area contributed by atoms with Gasteiger partial charge >= 0.3 is 0 Å². The molecule has 0 aliphatic heterocycles. The third kappa shape index (κ3) is 5.03. The summed E-state index contributed by atoms with van der Waals surface area (Å²) < 4.78 is 11.0. The molecule has 1 fully saturated rings. The monoisotopic (exact) mass is 354 g/mol. The minimum Gasteiger partial charge on any atom is -0.493 e. The second-order valence-corrected chi connectivity index (χ2v) is 6.65. The number of hydrazine groups is 1. The predicted molar refractivity (Wildman–Crippen MR) is 91.3 cm³/mol. The van der Waals surface area contributed by atoms with E-state index in [1.807, 2.05) is 0 Å². The summed E-state index contributed by atoms with van der Waals surface area (Å²) in [5.74, 6) is 0.686. The molecule has 1 saturated carbocycles. The van der Waals surface area contributed by atoms with Crippen molar-refractivity contribution in [3.63, 3.8) is 0 Å². The molecule has 1 aromatic carbocycles. The van der Waals surface area contributed by atoms with Gasteiger partial charge in [0.1, 0.15) is 0 Å². The maximum Gasteiger partial charge on any atom is 0.269 e. The number of carbonyl (C=O) groups is 2. The number of methoxy groups -OCH3 is 1. The molecular weight excluding hydrogens is 332 g/mol. The van der Waals surface area contributed by atoms with Crippen molar-refractivity contribution in [1.82, 2.24) is 10.9 Å². The molecule has 1 aliphatic rings. The number of halogens is 1. The van der Waals surface area contributed by atoms with Gasteiger partial charge in [-0.05, 0) is 37.3 Å². The normalized spacial score (nSPS) is 13.5. The van der Waals surface area contributed by atoms with Crippen molar-refractivity contribution in [2.75, 3.05) is 13.7 Å². The van der Waals surface area contributed by atoms with E-state index in [2.05, 4.69) is 24.7 Å². The maximum atomic E-state index is 12.1. The van der Waals surface area contributed by atoms with Crippen LogP contribution in [0.1, 0.15) is 43.5 Å². The van der Waals surface area contributed by atoms with Crippen molar-refractivity contribution in [3.05, 3.63) is 22.7 Å². The molecule has 0 heterocycles. The number of nitrogens with one attached hydrogen (secondary N) is 2. The number of carbonyl (C=O) groups excluding carboxylic acids is 2. The van der Waals surface area contributed by atoms with Crippen LogP contribution in [0.3, 0.4) is 0 Å². The van der Waals surface area contributed by atoms with Gasteiger partial charge in [0.2, 0.25) is 5.91 Å². The third-order valence-electron chi connectivity index (χ3n) is 3.68. The van der Waals surface area contributed by atoms with Crippen molar-refractivity contribution in [2.45, 2.75) is 33.1 Å². The van der Waals surface area contributed by atoms with Gasteiger partial charge in [-0.15, -0.1) is 0 Å². The molecule has 0 radical (unpaired) electrons. The standard InChI is InChI=1S/C17H23ClN2O4/c1-10(2)6-7-24-15-13(18)8-12(9-14(15)23-3)17(22)20-19-16(21)11-4-5-11/h8-11H,4-7H2,1-3H3,(H,19,21)(H,20,22). The number of benzene rings is 1. The summed E-state index contributed by atoms with van der Waals surface area (Å²) in [5.41, 5.74) is 5.07. The van der Waals surface area contributed by atoms with Gasteiger partial charge in [-0.3, -0.25) is 20.4 Å². The molecular formula is C17H23ClN2O4. The average Bonchev–Trinajstić information content (AvgIpc) is 3.37. The van der Waals surface area contributed by atoms with Crippen molar-refractivity contribution >= 4 is 23.4 Å². The van der Waals surface area contributed by atoms with E-state index in [-0.39, 0.29) is 22.4 Å². The number of hydrogen-bond donors (Lipinski definition) is 2. The van der Waals surface area contributed by atoms with Crippen molar-refractivity contribution < 1.29 is 19.1 Å². The number of hydrogen-bond acceptors (Lipinski definition) is 4. The fraction of sp³-hybridized carbons (Fsp3) is 0.529. The summed E-state index contributed by atoms with van der Waals surface area (Å²) >= 11 is 6.22. The van der Waals surface area contributed by atoms with E-state index in [9.17, 15) is 9.59 Å². The Bertz CT molecular complexity index is 615. The van der Waals surface area contributed by atoms with Crippen LogP contribution in [0, 0.1) is 11.8 Å². The highest BCUT2D eigenvalue weighted by Crippen LogP contribution is 2.36. The second kappa shape index (κ2) is 8.24. The Balaban J connectivity index is 2.03. The SMILES string of the molecule is COc1cc(C(=O)NNC(=O)C2CC2)cc(Cl)c1OCCC(C)C. The van der Waals surface area contributed by atoms with Gasteiger partial charge in [0.05, 0.1) is 18.7 Å². The quantitative estimate of drug-likeness (QED) is 0.738. The Morgan fingerprint density at radius 3 is 2.58 bits per heavy atom. The number of ether oxygens (including phenoxy) is 2. The molecule has 0 bridgehead atoms. The van der Waals surface area contributed by atoms with Crippen LogP contribution in [0.4, 0.5) is 0 Å². The Morgan fingerprint density at radius 1 is 1.29 bits per heavy atom. The smallest absolute Gasteiger partial charge is 0.269 e. The summed E-state index contributed by atoms with van der Waals surface area (Å²) in [6.07, 6.45) is 2.61. The molecule has 0 atom stereocenters. The van der Waals surface area contributed by atoms with Gasteiger partial charge in [-0.2, -0.15) is 0 Å². The van der Waals surface area contributed by atoms with Crippen LogP contribution in [-0.4, -0.2) is 25.5 Å². The Labute approximate surface area is 146 Å². The summed E-state index contributed by atoms with van der Waals surface area (Å²) in [7, 11) is 1.48. The van der Waals surface area contributed by atoms with Crippen LogP contribution >= 0.6 is 11.6 Å². The molecule has 7 heteroatoms. The minimum absolute atomic E-state index is 0.0140. The van der Waals surface area contributed by atoms with Gasteiger partial charge in [-0.25, -0.2) is 0 Å². The van der Waals surface area contributed by atoms with Crippen LogP contribution in [0.2, 0.25) is 5.02 Å². The third-order valence-corrected chi connectivity index (χ3v) is 3.96. The van der Waals surface area contributed by atoms with Gasteiger partial charge in [0.25, 0.3) is 5.91 Å². The first kappa shape index (κ1) is 18.4. The zero-order chi connectivity index (χ0) is 17.7. The fourth-order valence-corrected chi connectivity index (χ4v) is 2.29. The summed E-state index contributed by atoms with van der Waals surface area (Å²) in [6.45, 7) is 4.72. The lowest BCUT2D eigenvalue weighted by molar-refractivity contribution is -0.123. The first-order valence-corrected chi connectivity index (χ1v) is 8.40. The van der Waals surface area contributed by atoms with Crippen molar-refractivity contribution in [1.29, 1.82) is 0 Å². The molecule has 0 spiro atoms. The Morgan fingerprint density at radius 2 is 2.00 bits per heavy atom. The maximum absolute atomic E-state index is 12.1. The first-order chi connectivity index (χ1) is 11.4. The van der Waals surface area contributed by atoms with Crippen LogP contribution in [0.25, 0.3) is 0 Å². The first-order valence-electron chi connectivity index (χ1n) is 8.03. The van der Waals surface area contributed by atoms with Gasteiger partial charge in [-0.1, -0.05) is 25.4 Å². The van der Waals surface area contributed by atoms with Crippen LogP contribution in [0.15, 0.2) is 12.1 Å². The Hall–Kier alpha value is -1.95. The molecule has 2 rings (SSSR count). The van der Waals surface area contributed by atoms with Crippen molar-refractivity contribution in [2.24, 2.45) is 11.8 Å². The number of rotatable bonds is 7. The highest BCUT2D eigenvalue weighted by atomic mass is 35.5. The zero-order valence-electron chi connectivity index (χ0n) is 14.1. The molecule has 1 aliphatic carbocycles. The Kier molecular flexibility index (Phi) is 6.31. The molecule has 132 valence electrons. The fourth-order valence-electron chi connectivity index (χ4n) is 2.03.